The van der Waals surface area contributed by atoms with Crippen molar-refractivity contribution in [3.05, 3.63) is 24.0 Å². The van der Waals surface area contributed by atoms with Crippen molar-refractivity contribution in [2.24, 2.45) is 7.05 Å². The number of nitrogens with zero attached hydrogens (tertiary/aromatic N) is 1. The monoisotopic (exact) mass is 237 g/mol. The van der Waals surface area contributed by atoms with E-state index in [2.05, 4.69) is 22.9 Å². The summed E-state index contributed by atoms with van der Waals surface area (Å²) < 4.78 is 2.02. The number of amides is 1. The number of aromatic nitrogens is 1. The molecule has 0 fully saturated rings. The Balaban J connectivity index is 2.14. The van der Waals surface area contributed by atoms with Crippen LogP contribution in [0.25, 0.3) is 0 Å². The maximum atomic E-state index is 11.5. The molecule has 0 aromatic carbocycles. The molecule has 0 aliphatic rings. The van der Waals surface area contributed by atoms with Crippen LogP contribution in [0.2, 0.25) is 0 Å². The summed E-state index contributed by atoms with van der Waals surface area (Å²) in [5.74, 6) is 0.0954. The van der Waals surface area contributed by atoms with E-state index >= 15 is 0 Å². The van der Waals surface area contributed by atoms with E-state index in [1.807, 2.05) is 38.6 Å². The van der Waals surface area contributed by atoms with Crippen molar-refractivity contribution >= 4 is 5.91 Å². The largest absolute Gasteiger partial charge is 0.357 e. The summed E-state index contributed by atoms with van der Waals surface area (Å²) in [6.45, 7) is 7.48. The van der Waals surface area contributed by atoms with Gasteiger partial charge >= 0.3 is 0 Å². The molecule has 1 aromatic rings. The minimum absolute atomic E-state index is 0.0954. The predicted molar refractivity (Wildman–Crippen MR) is 69.6 cm³/mol. The Kier molecular flexibility index (Phi) is 4.75. The van der Waals surface area contributed by atoms with Crippen molar-refractivity contribution in [1.82, 2.24) is 15.2 Å². The highest BCUT2D eigenvalue weighted by Crippen LogP contribution is 2.00. The first kappa shape index (κ1) is 13.8. The first-order valence-corrected chi connectivity index (χ1v) is 5.99. The fraction of sp³-hybridized carbons (Fsp3) is 0.615. The van der Waals surface area contributed by atoms with Crippen molar-refractivity contribution in [2.45, 2.75) is 39.3 Å². The molecule has 2 N–H and O–H groups in total. The second kappa shape index (κ2) is 5.87. The summed E-state index contributed by atoms with van der Waals surface area (Å²) in [6, 6.07) is 2.07. The van der Waals surface area contributed by atoms with Gasteiger partial charge in [0.2, 0.25) is 5.91 Å². The molecular weight excluding hydrogens is 214 g/mol. The number of aryl methyl sites for hydroxylation is 1. The van der Waals surface area contributed by atoms with E-state index in [9.17, 15) is 4.79 Å². The van der Waals surface area contributed by atoms with Crippen molar-refractivity contribution in [1.29, 1.82) is 0 Å². The maximum absolute atomic E-state index is 11.5. The van der Waals surface area contributed by atoms with Crippen LogP contribution < -0.4 is 10.6 Å². The lowest BCUT2D eigenvalue weighted by Gasteiger charge is -2.20. The number of nitrogens with one attached hydrogen (secondary N) is 2. The van der Waals surface area contributed by atoms with Gasteiger partial charge in [-0.05, 0) is 32.4 Å². The maximum Gasteiger partial charge on any atom is 0.221 e. The van der Waals surface area contributed by atoms with Gasteiger partial charge in [0.15, 0.2) is 0 Å². The molecule has 0 unspecified atom stereocenters. The van der Waals surface area contributed by atoms with Crippen molar-refractivity contribution in [3.8, 4) is 0 Å². The van der Waals surface area contributed by atoms with E-state index in [0.29, 0.717) is 13.0 Å². The Bertz CT molecular complexity index is 363. The molecule has 0 bridgehead atoms. The highest BCUT2D eigenvalue weighted by Gasteiger charge is 2.12. The molecule has 0 aliphatic carbocycles. The summed E-state index contributed by atoms with van der Waals surface area (Å²) in [6.07, 6.45) is 4.61. The fourth-order valence-electron chi connectivity index (χ4n) is 1.58. The SMILES string of the molecule is Cn1ccc(CNCCC(=O)NC(C)(C)C)c1. The molecule has 17 heavy (non-hydrogen) atoms. The molecule has 1 aromatic heterocycles. The molecule has 0 radical (unpaired) electrons. The quantitative estimate of drug-likeness (QED) is 0.761. The molecular formula is C13H23N3O. The number of hydrogen-bond acceptors (Lipinski definition) is 2. The van der Waals surface area contributed by atoms with Crippen LogP contribution in [0.5, 0.6) is 0 Å². The second-order valence-electron chi connectivity index (χ2n) is 5.41. The zero-order chi connectivity index (χ0) is 12.9. The Morgan fingerprint density at radius 2 is 2.12 bits per heavy atom. The fourth-order valence-corrected chi connectivity index (χ4v) is 1.58. The lowest BCUT2D eigenvalue weighted by molar-refractivity contribution is -0.122. The van der Waals surface area contributed by atoms with Crippen LogP contribution in [0, 0.1) is 0 Å². The van der Waals surface area contributed by atoms with Gasteiger partial charge in [-0.25, -0.2) is 0 Å². The summed E-state index contributed by atoms with van der Waals surface area (Å²) in [5, 5.41) is 6.20. The first-order valence-electron chi connectivity index (χ1n) is 5.99. The summed E-state index contributed by atoms with van der Waals surface area (Å²) >= 11 is 0. The third-order valence-electron chi connectivity index (χ3n) is 2.27. The molecule has 0 atom stereocenters. The van der Waals surface area contributed by atoms with Crippen LogP contribution in [0.4, 0.5) is 0 Å². The van der Waals surface area contributed by atoms with Crippen molar-refractivity contribution < 1.29 is 4.79 Å². The van der Waals surface area contributed by atoms with Gasteiger partial charge in [0.1, 0.15) is 0 Å². The summed E-state index contributed by atoms with van der Waals surface area (Å²) in [4.78, 5) is 11.5. The Morgan fingerprint density at radius 3 is 2.65 bits per heavy atom. The molecule has 0 saturated heterocycles. The van der Waals surface area contributed by atoms with E-state index in [0.717, 1.165) is 6.54 Å². The normalized spacial score (nSPS) is 11.5. The van der Waals surface area contributed by atoms with E-state index in [-0.39, 0.29) is 11.4 Å². The van der Waals surface area contributed by atoms with Gasteiger partial charge in [-0.15, -0.1) is 0 Å². The second-order valence-corrected chi connectivity index (χ2v) is 5.41. The topological polar surface area (TPSA) is 46.1 Å². The standard InChI is InChI=1S/C13H23N3O/c1-13(2,3)15-12(17)5-7-14-9-11-6-8-16(4)10-11/h6,8,10,14H,5,7,9H2,1-4H3,(H,15,17). The van der Waals surface area contributed by atoms with Gasteiger partial charge in [-0.2, -0.15) is 0 Å². The minimum atomic E-state index is -0.142. The van der Waals surface area contributed by atoms with Gasteiger partial charge in [0.05, 0.1) is 0 Å². The summed E-state index contributed by atoms with van der Waals surface area (Å²) in [5.41, 5.74) is 1.10. The molecule has 1 amide bonds. The van der Waals surface area contributed by atoms with E-state index in [1.54, 1.807) is 0 Å². The van der Waals surface area contributed by atoms with E-state index in [4.69, 9.17) is 0 Å². The number of carbonyl (C=O) groups excluding carboxylic acids is 1. The molecule has 4 nitrogen and oxygen atoms in total. The summed E-state index contributed by atoms with van der Waals surface area (Å²) in [7, 11) is 2.00. The molecule has 1 rings (SSSR count). The van der Waals surface area contributed by atoms with Crippen molar-refractivity contribution in [2.75, 3.05) is 6.54 Å². The first-order chi connectivity index (χ1) is 7.87. The van der Waals surface area contributed by atoms with Crippen LogP contribution in [-0.2, 0) is 18.4 Å². The van der Waals surface area contributed by atoms with Crippen LogP contribution >= 0.6 is 0 Å². The van der Waals surface area contributed by atoms with Gasteiger partial charge in [-0.3, -0.25) is 4.79 Å². The lowest BCUT2D eigenvalue weighted by Crippen LogP contribution is -2.41. The molecule has 0 aliphatic heterocycles. The highest BCUT2D eigenvalue weighted by atomic mass is 16.1. The number of hydrogen-bond donors (Lipinski definition) is 2. The minimum Gasteiger partial charge on any atom is -0.357 e. The van der Waals surface area contributed by atoms with Crippen LogP contribution in [0.15, 0.2) is 18.5 Å². The average Bonchev–Trinajstić information content (AvgIpc) is 2.56. The zero-order valence-corrected chi connectivity index (χ0v) is 11.2. The van der Waals surface area contributed by atoms with Gasteiger partial charge in [0, 0.05) is 44.5 Å². The molecule has 0 spiro atoms. The molecule has 4 heteroatoms. The lowest BCUT2D eigenvalue weighted by atomic mass is 10.1. The average molecular weight is 237 g/mol. The smallest absolute Gasteiger partial charge is 0.221 e. The van der Waals surface area contributed by atoms with Crippen LogP contribution in [-0.4, -0.2) is 22.6 Å². The third kappa shape index (κ3) is 6.12. The van der Waals surface area contributed by atoms with Gasteiger partial charge in [0.25, 0.3) is 0 Å². The number of rotatable bonds is 5. The predicted octanol–water partition coefficient (Wildman–Crippen LogP) is 1.42. The van der Waals surface area contributed by atoms with Crippen LogP contribution in [0.1, 0.15) is 32.8 Å². The van der Waals surface area contributed by atoms with Crippen LogP contribution in [0.3, 0.4) is 0 Å². The molecule has 0 saturated carbocycles. The van der Waals surface area contributed by atoms with Crippen molar-refractivity contribution in [3.63, 3.8) is 0 Å². The van der Waals surface area contributed by atoms with E-state index < -0.39 is 0 Å². The Labute approximate surface area is 103 Å². The zero-order valence-electron chi connectivity index (χ0n) is 11.2. The highest BCUT2D eigenvalue weighted by molar-refractivity contribution is 5.76. The van der Waals surface area contributed by atoms with E-state index in [1.165, 1.54) is 5.56 Å². The Hall–Kier alpha value is -1.29. The third-order valence-corrected chi connectivity index (χ3v) is 2.27. The van der Waals surface area contributed by atoms with Gasteiger partial charge < -0.3 is 15.2 Å². The Morgan fingerprint density at radius 1 is 1.41 bits per heavy atom. The number of carbonyl (C=O) groups is 1. The van der Waals surface area contributed by atoms with Gasteiger partial charge in [-0.1, -0.05) is 0 Å². The molecule has 1 heterocycles. The molecule has 96 valence electrons.